The molecule has 1 aliphatic rings. The number of rotatable bonds is 4. The van der Waals surface area contributed by atoms with Crippen LogP contribution in [0.15, 0.2) is 29.2 Å². The highest BCUT2D eigenvalue weighted by molar-refractivity contribution is 7.86. The zero-order chi connectivity index (χ0) is 13.9. The highest BCUT2D eigenvalue weighted by atomic mass is 32.2. The number of hydrogen-bond acceptors (Lipinski definition) is 5. The van der Waals surface area contributed by atoms with Crippen LogP contribution in [0.25, 0.3) is 0 Å². The van der Waals surface area contributed by atoms with E-state index in [1.807, 2.05) is 6.92 Å². The molecule has 0 saturated carbocycles. The van der Waals surface area contributed by atoms with Crippen LogP contribution in [0.1, 0.15) is 18.4 Å². The van der Waals surface area contributed by atoms with Crippen LogP contribution in [-0.2, 0) is 23.8 Å². The molecular weight excluding hydrogens is 268 g/mol. The molecule has 1 unspecified atom stereocenters. The third kappa shape index (κ3) is 3.54. The van der Waals surface area contributed by atoms with Crippen LogP contribution < -0.4 is 0 Å². The van der Waals surface area contributed by atoms with Gasteiger partial charge in [-0.3, -0.25) is 8.98 Å². The van der Waals surface area contributed by atoms with Gasteiger partial charge in [0, 0.05) is 0 Å². The number of aryl methyl sites for hydroxylation is 1. The van der Waals surface area contributed by atoms with Crippen molar-refractivity contribution in [1.29, 1.82) is 0 Å². The van der Waals surface area contributed by atoms with E-state index in [9.17, 15) is 13.2 Å². The number of ether oxygens (including phenoxy) is 1. The van der Waals surface area contributed by atoms with E-state index in [1.54, 1.807) is 12.1 Å². The molecule has 6 heteroatoms. The molecule has 0 bridgehead atoms. The molecule has 0 amide bonds. The van der Waals surface area contributed by atoms with Crippen molar-refractivity contribution in [3.8, 4) is 0 Å². The lowest BCUT2D eigenvalue weighted by Crippen LogP contribution is -2.28. The summed E-state index contributed by atoms with van der Waals surface area (Å²) in [5, 5.41) is 0. The fraction of sp³-hybridized carbons (Fsp3) is 0.462. The van der Waals surface area contributed by atoms with Gasteiger partial charge >= 0.3 is 5.97 Å². The van der Waals surface area contributed by atoms with Gasteiger partial charge < -0.3 is 4.74 Å². The van der Waals surface area contributed by atoms with Crippen LogP contribution in [0.2, 0.25) is 0 Å². The lowest BCUT2D eigenvalue weighted by Gasteiger charge is -2.20. The number of hydrogen-bond donors (Lipinski definition) is 0. The van der Waals surface area contributed by atoms with Gasteiger partial charge in [-0.05, 0) is 31.9 Å². The Kier molecular flexibility index (Phi) is 4.21. The minimum Gasteiger partial charge on any atom is -0.465 e. The summed E-state index contributed by atoms with van der Waals surface area (Å²) in [5.74, 6) is -0.876. The SMILES string of the molecule is Cc1ccc(S(=O)(=O)OCC2CCCOC2=O)cc1. The molecule has 1 aliphatic heterocycles. The number of benzene rings is 1. The summed E-state index contributed by atoms with van der Waals surface area (Å²) in [6.45, 7) is 2.12. The van der Waals surface area contributed by atoms with E-state index in [0.717, 1.165) is 12.0 Å². The summed E-state index contributed by atoms with van der Waals surface area (Å²) in [7, 11) is -3.81. The molecule has 0 spiro atoms. The first-order valence-electron chi connectivity index (χ1n) is 6.12. The van der Waals surface area contributed by atoms with E-state index in [0.29, 0.717) is 13.0 Å². The predicted octanol–water partition coefficient (Wildman–Crippen LogP) is 1.65. The summed E-state index contributed by atoms with van der Waals surface area (Å²) in [6, 6.07) is 6.38. The molecule has 1 fully saturated rings. The number of carbonyl (C=O) groups is 1. The second-order valence-corrected chi connectivity index (χ2v) is 6.17. The van der Waals surface area contributed by atoms with Crippen LogP contribution in [-0.4, -0.2) is 27.6 Å². The van der Waals surface area contributed by atoms with Crippen molar-refractivity contribution in [2.75, 3.05) is 13.2 Å². The summed E-state index contributed by atoms with van der Waals surface area (Å²) in [6.07, 6.45) is 1.34. The molecule has 1 atom stereocenters. The van der Waals surface area contributed by atoms with E-state index in [2.05, 4.69) is 0 Å². The van der Waals surface area contributed by atoms with Crippen molar-refractivity contribution in [3.63, 3.8) is 0 Å². The second kappa shape index (κ2) is 5.71. The maximum absolute atomic E-state index is 11.9. The fourth-order valence-corrected chi connectivity index (χ4v) is 2.78. The Labute approximate surface area is 112 Å². The van der Waals surface area contributed by atoms with Crippen molar-refractivity contribution in [3.05, 3.63) is 29.8 Å². The maximum atomic E-state index is 11.9. The highest BCUT2D eigenvalue weighted by Crippen LogP contribution is 2.19. The van der Waals surface area contributed by atoms with E-state index in [1.165, 1.54) is 12.1 Å². The Hall–Kier alpha value is -1.40. The summed E-state index contributed by atoms with van der Waals surface area (Å²) >= 11 is 0. The lowest BCUT2D eigenvalue weighted by atomic mass is 10.0. The summed E-state index contributed by atoms with van der Waals surface area (Å²) in [5.41, 5.74) is 0.967. The van der Waals surface area contributed by atoms with Gasteiger partial charge in [-0.25, -0.2) is 0 Å². The van der Waals surface area contributed by atoms with Crippen molar-refractivity contribution in [1.82, 2.24) is 0 Å². The molecule has 0 aromatic heterocycles. The normalized spacial score (nSPS) is 20.1. The van der Waals surface area contributed by atoms with E-state index in [-0.39, 0.29) is 17.5 Å². The zero-order valence-electron chi connectivity index (χ0n) is 10.7. The van der Waals surface area contributed by atoms with Gasteiger partial charge in [-0.2, -0.15) is 8.42 Å². The third-order valence-corrected chi connectivity index (χ3v) is 4.30. The summed E-state index contributed by atoms with van der Waals surface area (Å²) in [4.78, 5) is 11.5. The maximum Gasteiger partial charge on any atom is 0.311 e. The van der Waals surface area contributed by atoms with Gasteiger partial charge in [0.2, 0.25) is 0 Å². The topological polar surface area (TPSA) is 69.7 Å². The first kappa shape index (κ1) is 14.0. The summed E-state index contributed by atoms with van der Waals surface area (Å²) < 4.78 is 33.6. The Morgan fingerprint density at radius 2 is 2.00 bits per heavy atom. The molecule has 104 valence electrons. The van der Waals surface area contributed by atoms with Gasteiger partial charge in [-0.15, -0.1) is 0 Å². The quantitative estimate of drug-likeness (QED) is 0.621. The average molecular weight is 284 g/mol. The van der Waals surface area contributed by atoms with Crippen LogP contribution in [0, 0.1) is 12.8 Å². The van der Waals surface area contributed by atoms with Crippen molar-refractivity contribution >= 4 is 16.1 Å². The molecule has 1 heterocycles. The Morgan fingerprint density at radius 1 is 1.32 bits per heavy atom. The fourth-order valence-electron chi connectivity index (χ4n) is 1.83. The van der Waals surface area contributed by atoms with Gasteiger partial charge in [0.25, 0.3) is 10.1 Å². The Morgan fingerprint density at radius 3 is 2.63 bits per heavy atom. The molecule has 2 rings (SSSR count). The van der Waals surface area contributed by atoms with Crippen molar-refractivity contribution < 1.29 is 22.1 Å². The monoisotopic (exact) mass is 284 g/mol. The van der Waals surface area contributed by atoms with Crippen molar-refractivity contribution in [2.45, 2.75) is 24.7 Å². The van der Waals surface area contributed by atoms with E-state index < -0.39 is 16.0 Å². The van der Waals surface area contributed by atoms with Crippen LogP contribution >= 0.6 is 0 Å². The van der Waals surface area contributed by atoms with Gasteiger partial charge in [0.1, 0.15) is 0 Å². The molecule has 0 radical (unpaired) electrons. The van der Waals surface area contributed by atoms with Gasteiger partial charge in [0.05, 0.1) is 24.0 Å². The molecule has 1 aromatic rings. The first-order valence-corrected chi connectivity index (χ1v) is 7.52. The number of cyclic esters (lactones) is 1. The van der Waals surface area contributed by atoms with Gasteiger partial charge in [0.15, 0.2) is 0 Å². The number of esters is 1. The minimum absolute atomic E-state index is 0.0993. The third-order valence-electron chi connectivity index (χ3n) is 3.01. The number of carbonyl (C=O) groups excluding carboxylic acids is 1. The molecular formula is C13H16O5S. The largest absolute Gasteiger partial charge is 0.465 e. The van der Waals surface area contributed by atoms with Gasteiger partial charge in [-0.1, -0.05) is 17.7 Å². The Balaban J connectivity index is 2.01. The van der Waals surface area contributed by atoms with Crippen LogP contribution in [0.3, 0.4) is 0 Å². The molecule has 5 nitrogen and oxygen atoms in total. The lowest BCUT2D eigenvalue weighted by molar-refractivity contribution is -0.153. The van der Waals surface area contributed by atoms with E-state index >= 15 is 0 Å². The zero-order valence-corrected chi connectivity index (χ0v) is 11.5. The van der Waals surface area contributed by atoms with Crippen LogP contribution in [0.4, 0.5) is 0 Å². The molecule has 0 aliphatic carbocycles. The predicted molar refractivity (Wildman–Crippen MR) is 68.0 cm³/mol. The first-order chi connectivity index (χ1) is 8.99. The minimum atomic E-state index is -3.81. The van der Waals surface area contributed by atoms with E-state index in [4.69, 9.17) is 8.92 Å². The smallest absolute Gasteiger partial charge is 0.311 e. The Bertz CT molecular complexity index is 547. The average Bonchev–Trinajstić information content (AvgIpc) is 2.38. The molecule has 19 heavy (non-hydrogen) atoms. The standard InChI is InChI=1S/C13H16O5S/c1-10-4-6-12(7-5-10)19(15,16)18-9-11-3-2-8-17-13(11)14/h4-7,11H,2-3,8-9H2,1H3. The van der Waals surface area contributed by atoms with Crippen LogP contribution in [0.5, 0.6) is 0 Å². The molecule has 1 saturated heterocycles. The molecule has 0 N–H and O–H groups in total. The van der Waals surface area contributed by atoms with Crippen molar-refractivity contribution in [2.24, 2.45) is 5.92 Å². The molecule has 1 aromatic carbocycles. The highest BCUT2D eigenvalue weighted by Gasteiger charge is 2.27. The second-order valence-electron chi connectivity index (χ2n) is 4.56.